The van der Waals surface area contributed by atoms with Gasteiger partial charge < -0.3 is 10.1 Å². The second-order valence-electron chi connectivity index (χ2n) is 4.72. The molecular formula is C15H20FN3O. The summed E-state index contributed by atoms with van der Waals surface area (Å²) < 4.78 is 20.6. The van der Waals surface area contributed by atoms with Crippen LogP contribution in [-0.2, 0) is 13.5 Å². The minimum atomic E-state index is -0.328. The predicted molar refractivity (Wildman–Crippen MR) is 76.3 cm³/mol. The highest BCUT2D eigenvalue weighted by Crippen LogP contribution is 2.24. The molecule has 1 atom stereocenters. The molecule has 0 saturated carbocycles. The number of rotatable bonds is 6. The lowest BCUT2D eigenvalue weighted by atomic mass is 10.0. The summed E-state index contributed by atoms with van der Waals surface area (Å²) in [6.07, 6.45) is 3.55. The van der Waals surface area contributed by atoms with Gasteiger partial charge in [-0.3, -0.25) is 4.68 Å². The number of methoxy groups -OCH3 is 1. The van der Waals surface area contributed by atoms with Gasteiger partial charge in [-0.1, -0.05) is 6.07 Å². The minimum Gasteiger partial charge on any atom is -0.494 e. The Kier molecular flexibility index (Phi) is 4.74. The van der Waals surface area contributed by atoms with Crippen LogP contribution in [0.15, 0.2) is 30.5 Å². The summed E-state index contributed by atoms with van der Waals surface area (Å²) in [5.41, 5.74) is 2.09. The van der Waals surface area contributed by atoms with Gasteiger partial charge >= 0.3 is 0 Å². The first-order chi connectivity index (χ1) is 9.65. The maximum Gasteiger partial charge on any atom is 0.165 e. The first-order valence-electron chi connectivity index (χ1n) is 6.63. The van der Waals surface area contributed by atoms with E-state index in [2.05, 4.69) is 10.4 Å². The summed E-state index contributed by atoms with van der Waals surface area (Å²) in [7, 11) is 5.28. The Bertz CT molecular complexity index is 568. The van der Waals surface area contributed by atoms with Crippen LogP contribution in [0.25, 0.3) is 0 Å². The van der Waals surface area contributed by atoms with Crippen molar-refractivity contribution in [3.05, 3.63) is 47.5 Å². The van der Waals surface area contributed by atoms with E-state index in [1.807, 2.05) is 30.9 Å². The highest BCUT2D eigenvalue weighted by Gasteiger charge is 2.13. The Morgan fingerprint density at radius 2 is 2.20 bits per heavy atom. The van der Waals surface area contributed by atoms with Crippen LogP contribution in [0.2, 0.25) is 0 Å². The molecule has 0 amide bonds. The van der Waals surface area contributed by atoms with Crippen molar-refractivity contribution in [1.82, 2.24) is 15.1 Å². The van der Waals surface area contributed by atoms with E-state index in [0.29, 0.717) is 0 Å². The summed E-state index contributed by atoms with van der Waals surface area (Å²) in [6.45, 7) is 0. The molecule has 1 N–H and O–H groups in total. The lowest BCUT2D eigenvalue weighted by Crippen LogP contribution is -2.18. The smallest absolute Gasteiger partial charge is 0.165 e. The van der Waals surface area contributed by atoms with E-state index in [1.54, 1.807) is 12.3 Å². The molecule has 1 aromatic carbocycles. The van der Waals surface area contributed by atoms with Crippen LogP contribution in [-0.4, -0.2) is 23.9 Å². The van der Waals surface area contributed by atoms with Gasteiger partial charge in [0.25, 0.3) is 0 Å². The Hall–Kier alpha value is -1.88. The second-order valence-corrected chi connectivity index (χ2v) is 4.72. The molecule has 0 aliphatic heterocycles. The summed E-state index contributed by atoms with van der Waals surface area (Å²) in [6, 6.07) is 7.20. The molecule has 0 saturated heterocycles. The number of nitrogens with zero attached hydrogens (tertiary/aromatic N) is 2. The third-order valence-corrected chi connectivity index (χ3v) is 3.54. The van der Waals surface area contributed by atoms with Gasteiger partial charge in [0, 0.05) is 25.0 Å². The molecule has 1 aromatic heterocycles. The fourth-order valence-corrected chi connectivity index (χ4v) is 2.32. The highest BCUT2D eigenvalue weighted by atomic mass is 19.1. The lowest BCUT2D eigenvalue weighted by Gasteiger charge is -2.17. The molecule has 1 unspecified atom stereocenters. The first-order valence-corrected chi connectivity index (χ1v) is 6.63. The standard InChI is InChI=1S/C15H20FN3O/c1-17-14(6-5-12-8-9-18-19(12)2)11-4-7-15(20-3)13(16)10-11/h4,7-10,14,17H,5-6H2,1-3H3. The molecule has 1 heterocycles. The van der Waals surface area contributed by atoms with Crippen molar-refractivity contribution in [2.24, 2.45) is 7.05 Å². The van der Waals surface area contributed by atoms with Crippen LogP contribution >= 0.6 is 0 Å². The number of benzene rings is 1. The maximum atomic E-state index is 13.8. The first kappa shape index (κ1) is 14.5. The Balaban J connectivity index is 2.08. The van der Waals surface area contributed by atoms with Crippen molar-refractivity contribution < 1.29 is 9.13 Å². The topological polar surface area (TPSA) is 39.1 Å². The van der Waals surface area contributed by atoms with E-state index in [0.717, 1.165) is 18.4 Å². The van der Waals surface area contributed by atoms with Gasteiger partial charge in [0.1, 0.15) is 0 Å². The second kappa shape index (κ2) is 6.52. The van der Waals surface area contributed by atoms with Crippen molar-refractivity contribution in [3.8, 4) is 5.75 Å². The Morgan fingerprint density at radius 3 is 2.75 bits per heavy atom. The molecule has 0 fully saturated rings. The molecule has 0 bridgehead atoms. The lowest BCUT2D eigenvalue weighted by molar-refractivity contribution is 0.385. The zero-order valence-electron chi connectivity index (χ0n) is 12.1. The van der Waals surface area contributed by atoms with Gasteiger partial charge in [0.05, 0.1) is 7.11 Å². The van der Waals surface area contributed by atoms with Crippen LogP contribution < -0.4 is 10.1 Å². The zero-order chi connectivity index (χ0) is 14.5. The summed E-state index contributed by atoms with van der Waals surface area (Å²) in [5, 5.41) is 7.38. The van der Waals surface area contributed by atoms with Crippen LogP contribution in [0.4, 0.5) is 4.39 Å². The molecule has 5 heteroatoms. The molecule has 20 heavy (non-hydrogen) atoms. The Morgan fingerprint density at radius 1 is 1.40 bits per heavy atom. The molecule has 2 rings (SSSR count). The maximum absolute atomic E-state index is 13.8. The van der Waals surface area contributed by atoms with Gasteiger partial charge in [0.15, 0.2) is 11.6 Å². The van der Waals surface area contributed by atoms with Gasteiger partial charge in [-0.15, -0.1) is 0 Å². The normalized spacial score (nSPS) is 12.4. The largest absolute Gasteiger partial charge is 0.494 e. The number of ether oxygens (including phenoxy) is 1. The fraction of sp³-hybridized carbons (Fsp3) is 0.400. The van der Waals surface area contributed by atoms with E-state index < -0.39 is 0 Å². The molecule has 0 aliphatic rings. The van der Waals surface area contributed by atoms with Crippen LogP contribution in [0, 0.1) is 5.82 Å². The van der Waals surface area contributed by atoms with Crippen molar-refractivity contribution >= 4 is 0 Å². The van der Waals surface area contributed by atoms with Crippen LogP contribution in [0.3, 0.4) is 0 Å². The van der Waals surface area contributed by atoms with E-state index in [1.165, 1.54) is 18.9 Å². The van der Waals surface area contributed by atoms with Gasteiger partial charge in [0.2, 0.25) is 0 Å². The Labute approximate surface area is 118 Å². The molecule has 108 valence electrons. The van der Waals surface area contributed by atoms with Crippen molar-refractivity contribution in [2.75, 3.05) is 14.2 Å². The summed E-state index contributed by atoms with van der Waals surface area (Å²) in [5.74, 6) is -0.0546. The quantitative estimate of drug-likeness (QED) is 0.881. The average molecular weight is 277 g/mol. The zero-order valence-corrected chi connectivity index (χ0v) is 12.1. The molecule has 0 radical (unpaired) electrons. The van der Waals surface area contributed by atoms with Crippen molar-refractivity contribution in [1.29, 1.82) is 0 Å². The van der Waals surface area contributed by atoms with E-state index in [-0.39, 0.29) is 17.6 Å². The molecule has 0 aliphatic carbocycles. The number of aryl methyl sites for hydroxylation is 2. The van der Waals surface area contributed by atoms with Crippen LogP contribution in [0.5, 0.6) is 5.75 Å². The number of halogens is 1. The number of nitrogens with one attached hydrogen (secondary N) is 1. The highest BCUT2D eigenvalue weighted by molar-refractivity contribution is 5.31. The third-order valence-electron chi connectivity index (χ3n) is 3.54. The fourth-order valence-electron chi connectivity index (χ4n) is 2.32. The van der Waals surface area contributed by atoms with Crippen molar-refractivity contribution in [3.63, 3.8) is 0 Å². The molecule has 2 aromatic rings. The van der Waals surface area contributed by atoms with Gasteiger partial charge in [-0.25, -0.2) is 4.39 Å². The number of aromatic nitrogens is 2. The van der Waals surface area contributed by atoms with E-state index in [9.17, 15) is 4.39 Å². The van der Waals surface area contributed by atoms with Crippen molar-refractivity contribution in [2.45, 2.75) is 18.9 Å². The summed E-state index contributed by atoms with van der Waals surface area (Å²) >= 11 is 0. The van der Waals surface area contributed by atoms with Gasteiger partial charge in [-0.2, -0.15) is 5.10 Å². The molecule has 0 spiro atoms. The molecule has 4 nitrogen and oxygen atoms in total. The third kappa shape index (κ3) is 3.17. The van der Waals surface area contributed by atoms with E-state index >= 15 is 0 Å². The SMILES string of the molecule is CNC(CCc1ccnn1C)c1ccc(OC)c(F)c1. The average Bonchev–Trinajstić information content (AvgIpc) is 2.85. The van der Waals surface area contributed by atoms with Gasteiger partial charge in [-0.05, 0) is 43.7 Å². The number of hydrogen-bond acceptors (Lipinski definition) is 3. The number of hydrogen-bond donors (Lipinski definition) is 1. The monoisotopic (exact) mass is 277 g/mol. The minimum absolute atomic E-state index is 0.102. The summed E-state index contributed by atoms with van der Waals surface area (Å²) in [4.78, 5) is 0. The predicted octanol–water partition coefficient (Wildman–Crippen LogP) is 2.46. The molecular weight excluding hydrogens is 257 g/mol. The van der Waals surface area contributed by atoms with Crippen LogP contribution in [0.1, 0.15) is 23.7 Å². The van der Waals surface area contributed by atoms with E-state index in [4.69, 9.17) is 4.74 Å².